The molecule has 2 atom stereocenters. The third-order valence-corrected chi connectivity index (χ3v) is 6.41. The first-order chi connectivity index (χ1) is 17.1. The fraction of sp³-hybridized carbons (Fsp3) is 0.185. The molecule has 0 radical (unpaired) electrons. The van der Waals surface area contributed by atoms with Gasteiger partial charge < -0.3 is 20.1 Å². The van der Waals surface area contributed by atoms with E-state index in [2.05, 4.69) is 36.1 Å². The van der Waals surface area contributed by atoms with Crippen LogP contribution < -0.4 is 10.6 Å². The number of anilines is 1. The molecule has 4 aromatic rings. The maximum Gasteiger partial charge on any atom is 0.226 e. The van der Waals surface area contributed by atoms with Crippen molar-refractivity contribution < 1.29 is 4.79 Å². The summed E-state index contributed by atoms with van der Waals surface area (Å²) >= 11 is 5.76. The third-order valence-electron chi connectivity index (χ3n) is 6.06. The maximum atomic E-state index is 12.7. The van der Waals surface area contributed by atoms with E-state index in [0.717, 1.165) is 28.5 Å². The number of aromatic nitrogens is 3. The second-order valence-electron chi connectivity index (χ2n) is 8.48. The highest BCUT2D eigenvalue weighted by Crippen LogP contribution is 2.39. The van der Waals surface area contributed by atoms with Crippen LogP contribution in [0.4, 0.5) is 5.69 Å². The number of amides is 1. The van der Waals surface area contributed by atoms with Crippen LogP contribution in [-0.4, -0.2) is 37.0 Å². The summed E-state index contributed by atoms with van der Waals surface area (Å²) < 4.78 is 2.08. The highest BCUT2D eigenvalue weighted by molar-refractivity contribution is 7.80. The lowest BCUT2D eigenvalue weighted by Gasteiger charge is -2.28. The van der Waals surface area contributed by atoms with Gasteiger partial charge in [0.1, 0.15) is 5.82 Å². The normalized spacial score (nSPS) is 17.3. The van der Waals surface area contributed by atoms with E-state index in [-0.39, 0.29) is 18.0 Å². The summed E-state index contributed by atoms with van der Waals surface area (Å²) in [5, 5.41) is 7.01. The molecule has 3 aromatic heterocycles. The smallest absolute Gasteiger partial charge is 0.226 e. The van der Waals surface area contributed by atoms with E-state index >= 15 is 0 Å². The van der Waals surface area contributed by atoms with Crippen LogP contribution in [0.5, 0.6) is 0 Å². The van der Waals surface area contributed by atoms with Gasteiger partial charge in [0.15, 0.2) is 5.11 Å². The lowest BCUT2D eigenvalue weighted by Crippen LogP contribution is -2.33. The van der Waals surface area contributed by atoms with Crippen molar-refractivity contribution in [3.8, 4) is 5.82 Å². The Morgan fingerprint density at radius 1 is 1.03 bits per heavy atom. The van der Waals surface area contributed by atoms with E-state index in [1.165, 1.54) is 0 Å². The molecule has 1 aliphatic rings. The molecule has 0 unspecified atom stereocenters. The number of rotatable bonds is 7. The number of aryl methyl sites for hydroxylation is 1. The quantitative estimate of drug-likeness (QED) is 0.376. The van der Waals surface area contributed by atoms with Crippen LogP contribution in [0.25, 0.3) is 5.82 Å². The summed E-state index contributed by atoms with van der Waals surface area (Å²) in [6.07, 6.45) is 5.95. The van der Waals surface area contributed by atoms with Crippen molar-refractivity contribution >= 4 is 28.9 Å². The predicted octanol–water partition coefficient (Wildman–Crippen LogP) is 4.58. The van der Waals surface area contributed by atoms with Gasteiger partial charge >= 0.3 is 0 Å². The number of thiocarbonyl (C=S) groups is 1. The Morgan fingerprint density at radius 3 is 2.60 bits per heavy atom. The molecule has 1 aromatic carbocycles. The third kappa shape index (κ3) is 4.93. The van der Waals surface area contributed by atoms with Crippen molar-refractivity contribution in [3.05, 3.63) is 108 Å². The van der Waals surface area contributed by atoms with Crippen LogP contribution in [0.1, 0.15) is 35.5 Å². The first-order valence-corrected chi connectivity index (χ1v) is 11.9. The molecule has 1 amide bonds. The fourth-order valence-corrected chi connectivity index (χ4v) is 4.71. The van der Waals surface area contributed by atoms with Crippen molar-refractivity contribution in [2.75, 3.05) is 11.9 Å². The van der Waals surface area contributed by atoms with Crippen molar-refractivity contribution in [1.82, 2.24) is 24.8 Å². The Hall–Kier alpha value is -4.04. The SMILES string of the molecule is Cc1ccc(-n2cccc2[C@H]2[C@H](c3ccccn3)NC(=S)N2CCC(=O)Nc2ccccc2)nc1. The minimum absolute atomic E-state index is 0.0605. The molecule has 1 fully saturated rings. The van der Waals surface area contributed by atoms with Crippen LogP contribution in [-0.2, 0) is 4.79 Å². The minimum Gasteiger partial charge on any atom is -0.352 e. The molecule has 0 saturated carbocycles. The van der Waals surface area contributed by atoms with E-state index in [9.17, 15) is 4.79 Å². The number of hydrogen-bond donors (Lipinski definition) is 2. The van der Waals surface area contributed by atoms with Crippen molar-refractivity contribution in [2.45, 2.75) is 25.4 Å². The molecule has 0 bridgehead atoms. The zero-order valence-electron chi connectivity index (χ0n) is 19.3. The molecule has 4 heterocycles. The average Bonchev–Trinajstić information content (AvgIpc) is 3.48. The van der Waals surface area contributed by atoms with Crippen LogP contribution in [0.3, 0.4) is 0 Å². The number of nitrogens with zero attached hydrogens (tertiary/aromatic N) is 4. The Labute approximate surface area is 209 Å². The van der Waals surface area contributed by atoms with Gasteiger partial charge in [0.2, 0.25) is 5.91 Å². The Bertz CT molecular complexity index is 1310. The molecule has 2 N–H and O–H groups in total. The van der Waals surface area contributed by atoms with Gasteiger partial charge in [-0.05, 0) is 67.2 Å². The molecule has 1 saturated heterocycles. The second kappa shape index (κ2) is 10.1. The average molecular weight is 483 g/mol. The highest BCUT2D eigenvalue weighted by Gasteiger charge is 2.41. The second-order valence-corrected chi connectivity index (χ2v) is 8.87. The first kappa shape index (κ1) is 22.7. The van der Waals surface area contributed by atoms with E-state index in [1.807, 2.05) is 86.0 Å². The van der Waals surface area contributed by atoms with E-state index < -0.39 is 0 Å². The summed E-state index contributed by atoms with van der Waals surface area (Å²) in [4.78, 5) is 24.0. The molecular formula is C27H26N6OS. The Kier molecular flexibility index (Phi) is 6.54. The molecule has 0 aliphatic carbocycles. The van der Waals surface area contributed by atoms with E-state index in [0.29, 0.717) is 18.1 Å². The maximum absolute atomic E-state index is 12.7. The molecule has 8 heteroatoms. The standard InChI is InChI=1S/C27H26N6OS/c1-19-12-13-23(29-18-19)32-16-7-11-22(32)26-25(21-10-5-6-15-28-21)31-27(35)33(26)17-14-24(34)30-20-8-3-2-4-9-20/h2-13,15-16,18,25-26H,14,17H2,1H3,(H,30,34)(H,31,35)/t25-,26-/m0/s1. The largest absolute Gasteiger partial charge is 0.352 e. The number of hydrogen-bond acceptors (Lipinski definition) is 4. The van der Waals surface area contributed by atoms with Crippen LogP contribution in [0.15, 0.2) is 91.4 Å². The molecule has 5 rings (SSSR count). The number of carbonyl (C=O) groups excluding carboxylic acids is 1. The van der Waals surface area contributed by atoms with Gasteiger partial charge in [-0.2, -0.15) is 0 Å². The Balaban J connectivity index is 1.45. The lowest BCUT2D eigenvalue weighted by atomic mass is 10.0. The molecular weight excluding hydrogens is 456 g/mol. The van der Waals surface area contributed by atoms with E-state index in [4.69, 9.17) is 12.2 Å². The van der Waals surface area contributed by atoms with Crippen molar-refractivity contribution in [1.29, 1.82) is 0 Å². The summed E-state index contributed by atoms with van der Waals surface area (Å²) in [6, 6.07) is 23.1. The van der Waals surface area contributed by atoms with Crippen LogP contribution in [0.2, 0.25) is 0 Å². The zero-order valence-corrected chi connectivity index (χ0v) is 20.2. The summed E-state index contributed by atoms with van der Waals surface area (Å²) in [6.45, 7) is 2.48. The van der Waals surface area contributed by atoms with Crippen molar-refractivity contribution in [3.63, 3.8) is 0 Å². The molecule has 0 spiro atoms. The summed E-state index contributed by atoms with van der Waals surface area (Å²) in [7, 11) is 0. The van der Waals surface area contributed by atoms with Gasteiger partial charge in [-0.15, -0.1) is 0 Å². The van der Waals surface area contributed by atoms with Gasteiger partial charge in [-0.3, -0.25) is 9.78 Å². The number of nitrogens with one attached hydrogen (secondary N) is 2. The fourth-order valence-electron chi connectivity index (χ4n) is 4.38. The number of carbonyl (C=O) groups is 1. The Morgan fingerprint density at radius 2 is 1.86 bits per heavy atom. The number of benzene rings is 1. The highest BCUT2D eigenvalue weighted by atomic mass is 32.1. The molecule has 35 heavy (non-hydrogen) atoms. The number of pyridine rings is 2. The number of para-hydroxylation sites is 1. The van der Waals surface area contributed by atoms with Gasteiger partial charge in [0.25, 0.3) is 0 Å². The topological polar surface area (TPSA) is 75.1 Å². The van der Waals surface area contributed by atoms with E-state index in [1.54, 1.807) is 6.20 Å². The minimum atomic E-state index is -0.167. The first-order valence-electron chi connectivity index (χ1n) is 11.5. The van der Waals surface area contributed by atoms with Gasteiger partial charge in [-0.25, -0.2) is 4.98 Å². The molecule has 176 valence electrons. The van der Waals surface area contributed by atoms with Crippen LogP contribution in [0, 0.1) is 6.92 Å². The van der Waals surface area contributed by atoms with Crippen LogP contribution >= 0.6 is 12.2 Å². The van der Waals surface area contributed by atoms with Gasteiger partial charge in [0.05, 0.1) is 17.8 Å². The predicted molar refractivity (Wildman–Crippen MR) is 140 cm³/mol. The summed E-state index contributed by atoms with van der Waals surface area (Å²) in [5.74, 6) is 0.768. The van der Waals surface area contributed by atoms with Gasteiger partial charge in [0, 0.05) is 42.9 Å². The molecule has 1 aliphatic heterocycles. The molecule has 7 nitrogen and oxygen atoms in total. The zero-order chi connectivity index (χ0) is 24.2. The summed E-state index contributed by atoms with van der Waals surface area (Å²) in [5.41, 5.74) is 3.79. The monoisotopic (exact) mass is 482 g/mol. The van der Waals surface area contributed by atoms with Gasteiger partial charge in [-0.1, -0.05) is 30.3 Å². The lowest BCUT2D eigenvalue weighted by molar-refractivity contribution is -0.116. The van der Waals surface area contributed by atoms with Crippen molar-refractivity contribution in [2.24, 2.45) is 0 Å².